The molecular weight excluding hydrogens is 188 g/mol. The van der Waals surface area contributed by atoms with Crippen molar-refractivity contribution >= 4 is 5.91 Å². The summed E-state index contributed by atoms with van der Waals surface area (Å²) in [7, 11) is 0. The summed E-state index contributed by atoms with van der Waals surface area (Å²) in [5.74, 6) is -0.450. The first-order valence-corrected chi connectivity index (χ1v) is 5.03. The SMILES string of the molecule is Cc1cc(C)c(CC(N)C(N)=O)c(C)c1. The fourth-order valence-corrected chi connectivity index (χ4v) is 1.85. The molecule has 3 nitrogen and oxygen atoms in total. The summed E-state index contributed by atoms with van der Waals surface area (Å²) in [5.41, 5.74) is 15.5. The number of primary amides is 1. The molecule has 1 aromatic carbocycles. The Bertz CT molecular complexity index is 362. The molecule has 3 heteroatoms. The number of amides is 1. The molecule has 0 aromatic heterocycles. The molecule has 4 N–H and O–H groups in total. The van der Waals surface area contributed by atoms with Crippen molar-refractivity contribution in [1.29, 1.82) is 0 Å². The summed E-state index contributed by atoms with van der Waals surface area (Å²) >= 11 is 0. The summed E-state index contributed by atoms with van der Waals surface area (Å²) in [6.07, 6.45) is 0.521. The molecule has 1 rings (SSSR count). The van der Waals surface area contributed by atoms with Crippen LogP contribution in [-0.2, 0) is 11.2 Å². The molecule has 0 heterocycles. The van der Waals surface area contributed by atoms with E-state index in [9.17, 15) is 4.79 Å². The second-order valence-electron chi connectivity index (χ2n) is 4.09. The Balaban J connectivity index is 3.00. The van der Waals surface area contributed by atoms with E-state index in [0.29, 0.717) is 6.42 Å². The van der Waals surface area contributed by atoms with Crippen LogP contribution in [0.2, 0.25) is 0 Å². The number of hydrogen-bond donors (Lipinski definition) is 2. The second kappa shape index (κ2) is 4.45. The van der Waals surface area contributed by atoms with Gasteiger partial charge in [0, 0.05) is 0 Å². The van der Waals surface area contributed by atoms with E-state index in [0.717, 1.165) is 5.56 Å². The van der Waals surface area contributed by atoms with Crippen LogP contribution in [0.1, 0.15) is 22.3 Å². The van der Waals surface area contributed by atoms with E-state index in [-0.39, 0.29) is 0 Å². The Morgan fingerprint density at radius 3 is 2.13 bits per heavy atom. The molecule has 0 bridgehead atoms. The van der Waals surface area contributed by atoms with Gasteiger partial charge in [0.05, 0.1) is 6.04 Å². The Morgan fingerprint density at radius 1 is 1.27 bits per heavy atom. The van der Waals surface area contributed by atoms with Crippen molar-refractivity contribution in [2.24, 2.45) is 11.5 Å². The molecule has 0 saturated carbocycles. The Kier molecular flexibility index (Phi) is 3.48. The third-order valence-corrected chi connectivity index (χ3v) is 2.63. The highest BCUT2D eigenvalue weighted by Crippen LogP contribution is 2.17. The molecule has 0 aliphatic heterocycles. The minimum Gasteiger partial charge on any atom is -0.368 e. The van der Waals surface area contributed by atoms with Gasteiger partial charge < -0.3 is 11.5 Å². The van der Waals surface area contributed by atoms with E-state index in [4.69, 9.17) is 11.5 Å². The van der Waals surface area contributed by atoms with Crippen LogP contribution in [0, 0.1) is 20.8 Å². The van der Waals surface area contributed by atoms with Crippen molar-refractivity contribution in [1.82, 2.24) is 0 Å². The molecule has 0 aliphatic rings. The van der Waals surface area contributed by atoms with E-state index in [1.54, 1.807) is 0 Å². The molecule has 15 heavy (non-hydrogen) atoms. The van der Waals surface area contributed by atoms with Crippen molar-refractivity contribution in [2.45, 2.75) is 33.2 Å². The monoisotopic (exact) mass is 206 g/mol. The van der Waals surface area contributed by atoms with Crippen LogP contribution >= 0.6 is 0 Å². The standard InChI is InChI=1S/C12H18N2O/c1-7-4-8(2)10(9(3)5-7)6-11(13)12(14)15/h4-5,11H,6,13H2,1-3H3,(H2,14,15). The van der Waals surface area contributed by atoms with Crippen LogP contribution in [0.5, 0.6) is 0 Å². The first-order valence-electron chi connectivity index (χ1n) is 5.03. The molecule has 1 aromatic rings. The van der Waals surface area contributed by atoms with E-state index in [1.165, 1.54) is 16.7 Å². The number of nitrogens with two attached hydrogens (primary N) is 2. The molecule has 0 spiro atoms. The number of hydrogen-bond acceptors (Lipinski definition) is 2. The van der Waals surface area contributed by atoms with Gasteiger partial charge in [-0.05, 0) is 43.9 Å². The van der Waals surface area contributed by atoms with Gasteiger partial charge >= 0.3 is 0 Å². The van der Waals surface area contributed by atoms with Crippen LogP contribution < -0.4 is 11.5 Å². The fraction of sp³-hybridized carbons (Fsp3) is 0.417. The molecule has 82 valence electrons. The lowest BCUT2D eigenvalue weighted by molar-refractivity contribution is -0.119. The molecule has 0 saturated heterocycles. The third kappa shape index (κ3) is 2.80. The van der Waals surface area contributed by atoms with Gasteiger partial charge in [-0.15, -0.1) is 0 Å². The van der Waals surface area contributed by atoms with Crippen molar-refractivity contribution in [3.8, 4) is 0 Å². The molecular formula is C12H18N2O. The van der Waals surface area contributed by atoms with Crippen molar-refractivity contribution in [3.63, 3.8) is 0 Å². The zero-order valence-electron chi connectivity index (χ0n) is 9.50. The van der Waals surface area contributed by atoms with Crippen LogP contribution in [0.15, 0.2) is 12.1 Å². The second-order valence-corrected chi connectivity index (χ2v) is 4.09. The number of benzene rings is 1. The van der Waals surface area contributed by atoms with Gasteiger partial charge in [0.1, 0.15) is 0 Å². The van der Waals surface area contributed by atoms with Gasteiger partial charge in [0.25, 0.3) is 0 Å². The quantitative estimate of drug-likeness (QED) is 0.773. The van der Waals surface area contributed by atoms with Gasteiger partial charge in [-0.1, -0.05) is 17.7 Å². The predicted octanol–water partition coefficient (Wildman–Crippen LogP) is 0.967. The van der Waals surface area contributed by atoms with Crippen molar-refractivity contribution in [3.05, 3.63) is 34.4 Å². The van der Waals surface area contributed by atoms with Gasteiger partial charge in [-0.25, -0.2) is 0 Å². The predicted molar refractivity (Wildman–Crippen MR) is 61.5 cm³/mol. The lowest BCUT2D eigenvalue weighted by atomic mass is 9.94. The highest BCUT2D eigenvalue weighted by molar-refractivity contribution is 5.80. The van der Waals surface area contributed by atoms with Crippen molar-refractivity contribution < 1.29 is 4.79 Å². The van der Waals surface area contributed by atoms with Gasteiger partial charge in [-0.2, -0.15) is 0 Å². The lowest BCUT2D eigenvalue weighted by Crippen LogP contribution is -2.38. The summed E-state index contributed by atoms with van der Waals surface area (Å²) in [5, 5.41) is 0. The van der Waals surface area contributed by atoms with E-state index in [2.05, 4.69) is 19.1 Å². The number of aryl methyl sites for hydroxylation is 3. The average molecular weight is 206 g/mol. The van der Waals surface area contributed by atoms with Crippen LogP contribution in [0.3, 0.4) is 0 Å². The fourth-order valence-electron chi connectivity index (χ4n) is 1.85. The van der Waals surface area contributed by atoms with Gasteiger partial charge in [0.2, 0.25) is 5.91 Å². The highest BCUT2D eigenvalue weighted by atomic mass is 16.1. The zero-order chi connectivity index (χ0) is 11.6. The Labute approximate surface area is 90.5 Å². The summed E-state index contributed by atoms with van der Waals surface area (Å²) in [6, 6.07) is 3.59. The molecule has 0 fully saturated rings. The third-order valence-electron chi connectivity index (χ3n) is 2.63. The molecule has 0 radical (unpaired) electrons. The summed E-state index contributed by atoms with van der Waals surface area (Å²) in [6.45, 7) is 6.11. The smallest absolute Gasteiger partial charge is 0.234 e. The minimum absolute atomic E-state index is 0.450. The molecule has 1 unspecified atom stereocenters. The number of carbonyl (C=O) groups is 1. The van der Waals surface area contributed by atoms with Gasteiger partial charge in [0.15, 0.2) is 0 Å². The maximum atomic E-state index is 10.9. The van der Waals surface area contributed by atoms with Crippen LogP contribution in [-0.4, -0.2) is 11.9 Å². The van der Waals surface area contributed by atoms with Crippen LogP contribution in [0.4, 0.5) is 0 Å². The van der Waals surface area contributed by atoms with E-state index in [1.807, 2.05) is 13.8 Å². The average Bonchev–Trinajstić information content (AvgIpc) is 2.10. The lowest BCUT2D eigenvalue weighted by Gasteiger charge is -2.14. The molecule has 1 amide bonds. The minimum atomic E-state index is -0.592. The zero-order valence-corrected chi connectivity index (χ0v) is 9.50. The first-order chi connectivity index (χ1) is 6.91. The summed E-state index contributed by atoms with van der Waals surface area (Å²) in [4.78, 5) is 10.9. The first kappa shape index (κ1) is 11.7. The van der Waals surface area contributed by atoms with E-state index >= 15 is 0 Å². The van der Waals surface area contributed by atoms with Gasteiger partial charge in [-0.3, -0.25) is 4.79 Å². The largest absolute Gasteiger partial charge is 0.368 e. The maximum absolute atomic E-state index is 10.9. The topological polar surface area (TPSA) is 69.1 Å². The Hall–Kier alpha value is -1.35. The maximum Gasteiger partial charge on any atom is 0.234 e. The van der Waals surface area contributed by atoms with E-state index < -0.39 is 11.9 Å². The number of carbonyl (C=O) groups excluding carboxylic acids is 1. The van der Waals surface area contributed by atoms with Crippen molar-refractivity contribution in [2.75, 3.05) is 0 Å². The normalized spacial score (nSPS) is 12.5. The van der Waals surface area contributed by atoms with Crippen LogP contribution in [0.25, 0.3) is 0 Å². The molecule has 1 atom stereocenters. The Morgan fingerprint density at radius 2 is 1.73 bits per heavy atom. The highest BCUT2D eigenvalue weighted by Gasteiger charge is 2.13. The summed E-state index contributed by atoms with van der Waals surface area (Å²) < 4.78 is 0. The number of rotatable bonds is 3. The molecule has 0 aliphatic carbocycles.